The summed E-state index contributed by atoms with van der Waals surface area (Å²) in [6, 6.07) is 6.56. The minimum absolute atomic E-state index is 0.257. The van der Waals surface area contributed by atoms with Crippen LogP contribution < -0.4 is 5.32 Å². The van der Waals surface area contributed by atoms with Crippen LogP contribution in [-0.2, 0) is 6.54 Å². The summed E-state index contributed by atoms with van der Waals surface area (Å²) in [4.78, 5) is 1.33. The highest BCUT2D eigenvalue weighted by molar-refractivity contribution is 7.10. The Morgan fingerprint density at radius 3 is 3.00 bits per heavy atom. The number of aromatic nitrogens is 2. The molecule has 1 atom stereocenters. The second kappa shape index (κ2) is 4.59. The Morgan fingerprint density at radius 1 is 1.53 bits per heavy atom. The van der Waals surface area contributed by atoms with Crippen LogP contribution in [-0.4, -0.2) is 16.8 Å². The van der Waals surface area contributed by atoms with Crippen LogP contribution in [0.5, 0.6) is 0 Å². The van der Waals surface area contributed by atoms with Gasteiger partial charge >= 0.3 is 0 Å². The molecule has 2 heterocycles. The summed E-state index contributed by atoms with van der Waals surface area (Å²) in [6.45, 7) is 3.02. The summed E-state index contributed by atoms with van der Waals surface area (Å²) in [5.41, 5.74) is 1.22. The topological polar surface area (TPSA) is 29.9 Å². The molecule has 15 heavy (non-hydrogen) atoms. The van der Waals surface area contributed by atoms with Crippen molar-refractivity contribution in [2.45, 2.75) is 19.5 Å². The van der Waals surface area contributed by atoms with Crippen LogP contribution in [0.25, 0.3) is 0 Å². The first-order valence-corrected chi connectivity index (χ1v) is 5.97. The van der Waals surface area contributed by atoms with E-state index < -0.39 is 0 Å². The molecule has 0 fully saturated rings. The Labute approximate surface area is 93.7 Å². The minimum Gasteiger partial charge on any atom is -0.307 e. The molecular weight excluding hydrogens is 206 g/mol. The summed E-state index contributed by atoms with van der Waals surface area (Å²) in [5, 5.41) is 9.73. The molecule has 4 heteroatoms. The second-order valence-electron chi connectivity index (χ2n) is 3.31. The van der Waals surface area contributed by atoms with Crippen molar-refractivity contribution in [3.63, 3.8) is 0 Å². The zero-order valence-corrected chi connectivity index (χ0v) is 9.79. The van der Waals surface area contributed by atoms with Gasteiger partial charge in [-0.1, -0.05) is 6.07 Å². The molecule has 1 N–H and O–H groups in total. The lowest BCUT2D eigenvalue weighted by molar-refractivity contribution is 0.567. The molecular formula is C11H15N3S. The Kier molecular flexibility index (Phi) is 3.18. The molecule has 2 aromatic rings. The van der Waals surface area contributed by atoms with E-state index in [2.05, 4.69) is 40.9 Å². The number of rotatable bonds is 4. The van der Waals surface area contributed by atoms with Gasteiger partial charge in [0.1, 0.15) is 0 Å². The van der Waals surface area contributed by atoms with E-state index in [1.54, 1.807) is 11.3 Å². The molecule has 0 aliphatic rings. The van der Waals surface area contributed by atoms with E-state index in [-0.39, 0.29) is 6.04 Å². The Hall–Kier alpha value is -1.13. The average Bonchev–Trinajstić information content (AvgIpc) is 2.89. The predicted molar refractivity (Wildman–Crippen MR) is 63.1 cm³/mol. The van der Waals surface area contributed by atoms with E-state index in [0.29, 0.717) is 0 Å². The van der Waals surface area contributed by atoms with E-state index in [4.69, 9.17) is 0 Å². The van der Waals surface area contributed by atoms with Gasteiger partial charge < -0.3 is 5.32 Å². The quantitative estimate of drug-likeness (QED) is 0.858. The van der Waals surface area contributed by atoms with Gasteiger partial charge in [0.25, 0.3) is 0 Å². The largest absolute Gasteiger partial charge is 0.307 e. The highest BCUT2D eigenvalue weighted by Gasteiger charge is 2.16. The maximum absolute atomic E-state index is 4.29. The fourth-order valence-corrected chi connectivity index (χ4v) is 2.59. The van der Waals surface area contributed by atoms with Crippen molar-refractivity contribution in [1.82, 2.24) is 15.1 Å². The second-order valence-corrected chi connectivity index (χ2v) is 4.29. The van der Waals surface area contributed by atoms with E-state index in [9.17, 15) is 0 Å². The molecule has 2 aromatic heterocycles. The average molecular weight is 221 g/mol. The van der Waals surface area contributed by atoms with Crippen molar-refractivity contribution < 1.29 is 0 Å². The standard InChI is InChI=1S/C11H15N3S/c1-3-14-9(6-7-13-14)11(12-2)10-5-4-8-15-10/h4-8,11-12H,3H2,1-2H3. The first kappa shape index (κ1) is 10.4. The van der Waals surface area contributed by atoms with Crippen molar-refractivity contribution in [2.75, 3.05) is 7.05 Å². The van der Waals surface area contributed by atoms with Crippen molar-refractivity contribution >= 4 is 11.3 Å². The molecule has 0 amide bonds. The molecule has 0 radical (unpaired) electrons. The Morgan fingerprint density at radius 2 is 2.40 bits per heavy atom. The van der Waals surface area contributed by atoms with E-state index >= 15 is 0 Å². The van der Waals surface area contributed by atoms with Crippen LogP contribution in [0.1, 0.15) is 23.5 Å². The van der Waals surface area contributed by atoms with Gasteiger partial charge in [-0.2, -0.15) is 5.10 Å². The molecule has 0 aromatic carbocycles. The van der Waals surface area contributed by atoms with Crippen LogP contribution >= 0.6 is 11.3 Å². The number of thiophene rings is 1. The lowest BCUT2D eigenvalue weighted by Crippen LogP contribution is -2.20. The predicted octanol–water partition coefficient (Wildman–Crippen LogP) is 2.27. The summed E-state index contributed by atoms with van der Waals surface area (Å²) in [7, 11) is 1.98. The van der Waals surface area contributed by atoms with Crippen molar-refractivity contribution in [3.05, 3.63) is 40.3 Å². The molecule has 80 valence electrons. The fraction of sp³-hybridized carbons (Fsp3) is 0.364. The number of hydrogen-bond donors (Lipinski definition) is 1. The van der Waals surface area contributed by atoms with Gasteiger partial charge in [0, 0.05) is 17.6 Å². The Bertz CT molecular complexity index is 405. The van der Waals surface area contributed by atoms with Crippen LogP contribution in [0.15, 0.2) is 29.8 Å². The third-order valence-electron chi connectivity index (χ3n) is 2.46. The molecule has 3 nitrogen and oxygen atoms in total. The van der Waals surface area contributed by atoms with E-state index in [0.717, 1.165) is 6.54 Å². The van der Waals surface area contributed by atoms with Crippen molar-refractivity contribution in [2.24, 2.45) is 0 Å². The zero-order valence-electron chi connectivity index (χ0n) is 8.97. The number of nitrogens with one attached hydrogen (secondary N) is 1. The Balaban J connectivity index is 2.35. The van der Waals surface area contributed by atoms with Crippen molar-refractivity contribution in [1.29, 1.82) is 0 Å². The first-order chi connectivity index (χ1) is 7.36. The maximum atomic E-state index is 4.29. The minimum atomic E-state index is 0.257. The summed E-state index contributed by atoms with van der Waals surface area (Å²) >= 11 is 1.77. The maximum Gasteiger partial charge on any atom is 0.0839 e. The van der Waals surface area contributed by atoms with Gasteiger partial charge in [0.2, 0.25) is 0 Å². The summed E-state index contributed by atoms with van der Waals surface area (Å²) < 4.78 is 2.03. The van der Waals surface area contributed by atoms with Gasteiger partial charge in [-0.25, -0.2) is 0 Å². The SMILES string of the molecule is CCn1nccc1C(NC)c1cccs1. The van der Waals surface area contributed by atoms with Crippen LogP contribution in [0, 0.1) is 0 Å². The smallest absolute Gasteiger partial charge is 0.0839 e. The molecule has 0 saturated carbocycles. The molecule has 2 rings (SSSR count). The van der Waals surface area contributed by atoms with Crippen LogP contribution in [0.2, 0.25) is 0 Å². The highest BCUT2D eigenvalue weighted by atomic mass is 32.1. The lowest BCUT2D eigenvalue weighted by Gasteiger charge is -2.15. The van der Waals surface area contributed by atoms with E-state index in [1.807, 2.05) is 17.9 Å². The first-order valence-electron chi connectivity index (χ1n) is 5.09. The summed E-state index contributed by atoms with van der Waals surface area (Å²) in [5.74, 6) is 0. The van der Waals surface area contributed by atoms with Gasteiger partial charge in [-0.05, 0) is 31.5 Å². The fourth-order valence-electron chi connectivity index (χ4n) is 1.74. The molecule has 0 saturated heterocycles. The normalized spacial score (nSPS) is 12.9. The van der Waals surface area contributed by atoms with Gasteiger partial charge in [0.15, 0.2) is 0 Å². The van der Waals surface area contributed by atoms with E-state index in [1.165, 1.54) is 10.6 Å². The zero-order chi connectivity index (χ0) is 10.7. The van der Waals surface area contributed by atoms with Gasteiger partial charge in [0.05, 0.1) is 11.7 Å². The third kappa shape index (κ3) is 1.96. The molecule has 1 unspecified atom stereocenters. The molecule has 0 aliphatic carbocycles. The highest BCUT2D eigenvalue weighted by Crippen LogP contribution is 2.25. The summed E-state index contributed by atoms with van der Waals surface area (Å²) in [6.07, 6.45) is 1.86. The van der Waals surface area contributed by atoms with Crippen molar-refractivity contribution in [3.8, 4) is 0 Å². The number of hydrogen-bond acceptors (Lipinski definition) is 3. The van der Waals surface area contributed by atoms with Crippen LogP contribution in [0.4, 0.5) is 0 Å². The van der Waals surface area contributed by atoms with Crippen LogP contribution in [0.3, 0.4) is 0 Å². The number of aryl methyl sites for hydroxylation is 1. The van der Waals surface area contributed by atoms with Gasteiger partial charge in [-0.15, -0.1) is 11.3 Å². The van der Waals surface area contributed by atoms with Gasteiger partial charge in [-0.3, -0.25) is 4.68 Å². The third-order valence-corrected chi connectivity index (χ3v) is 3.40. The lowest BCUT2D eigenvalue weighted by atomic mass is 10.1. The number of nitrogens with zero attached hydrogens (tertiary/aromatic N) is 2. The molecule has 0 spiro atoms. The molecule has 0 bridgehead atoms. The molecule has 0 aliphatic heterocycles. The monoisotopic (exact) mass is 221 g/mol.